The minimum Gasteiger partial charge on any atom is -0.333 e. The molecule has 0 radical (unpaired) electrons. The van der Waals surface area contributed by atoms with E-state index in [1.807, 2.05) is 6.07 Å². The number of halogens is 1. The van der Waals surface area contributed by atoms with Crippen molar-refractivity contribution in [1.29, 1.82) is 5.26 Å². The first-order valence-corrected chi connectivity index (χ1v) is 4.80. The van der Waals surface area contributed by atoms with Crippen molar-refractivity contribution in [3.63, 3.8) is 0 Å². The molecule has 1 aromatic heterocycles. The van der Waals surface area contributed by atoms with Crippen molar-refractivity contribution >= 4 is 17.5 Å². The fourth-order valence-electron chi connectivity index (χ4n) is 0.982. The molecule has 0 spiro atoms. The zero-order valence-electron chi connectivity index (χ0n) is 8.51. The molecular weight excluding hydrogens is 228 g/mol. The number of nitrogens with one attached hydrogen (secondary N) is 1. The summed E-state index contributed by atoms with van der Waals surface area (Å²) < 4.78 is 0. The fourth-order valence-corrected chi connectivity index (χ4v) is 1.11. The zero-order chi connectivity index (χ0) is 12.0. The Balaban J connectivity index is 2.72. The highest BCUT2D eigenvalue weighted by molar-refractivity contribution is 6.29. The van der Waals surface area contributed by atoms with Crippen LogP contribution in [0.5, 0.6) is 0 Å². The standard InChI is InChI=1S/C10H9ClN4O/c1-7(11)2-9(3-12)15-10(16)8-4-13-6-14-5-8/h2,4-6,9H,1H3,(H,15,16). The number of nitrogens with zero attached hydrogens (tertiary/aromatic N) is 3. The van der Waals surface area contributed by atoms with Gasteiger partial charge in [0, 0.05) is 17.4 Å². The molecule has 1 N–H and O–H groups in total. The van der Waals surface area contributed by atoms with Crippen LogP contribution in [0, 0.1) is 11.3 Å². The number of carbonyl (C=O) groups excluding carboxylic acids is 1. The molecule has 1 amide bonds. The number of hydrogen-bond donors (Lipinski definition) is 1. The molecule has 1 rings (SSSR count). The Bertz CT molecular complexity index is 434. The Morgan fingerprint density at radius 3 is 2.75 bits per heavy atom. The van der Waals surface area contributed by atoms with Crippen LogP contribution in [0.15, 0.2) is 29.8 Å². The van der Waals surface area contributed by atoms with Crippen molar-refractivity contribution in [2.45, 2.75) is 13.0 Å². The Kier molecular flexibility index (Phi) is 4.42. The molecule has 0 saturated carbocycles. The highest BCUT2D eigenvalue weighted by Crippen LogP contribution is 2.01. The molecule has 1 heterocycles. The van der Waals surface area contributed by atoms with Gasteiger partial charge < -0.3 is 5.32 Å². The second kappa shape index (κ2) is 5.83. The smallest absolute Gasteiger partial charge is 0.255 e. The van der Waals surface area contributed by atoms with E-state index in [0.29, 0.717) is 10.6 Å². The third-order valence-corrected chi connectivity index (χ3v) is 1.77. The second-order valence-electron chi connectivity index (χ2n) is 2.96. The Hall–Kier alpha value is -1.93. The van der Waals surface area contributed by atoms with E-state index >= 15 is 0 Å². The van der Waals surface area contributed by atoms with Gasteiger partial charge in [0.2, 0.25) is 0 Å². The van der Waals surface area contributed by atoms with Crippen LogP contribution in [0.1, 0.15) is 17.3 Å². The molecule has 5 nitrogen and oxygen atoms in total. The van der Waals surface area contributed by atoms with E-state index in [1.165, 1.54) is 24.8 Å². The van der Waals surface area contributed by atoms with Gasteiger partial charge in [-0.25, -0.2) is 9.97 Å². The van der Waals surface area contributed by atoms with E-state index in [-0.39, 0.29) is 0 Å². The number of aromatic nitrogens is 2. The van der Waals surface area contributed by atoms with Crippen LogP contribution in [0.4, 0.5) is 0 Å². The first-order valence-electron chi connectivity index (χ1n) is 4.43. The normalized spacial score (nSPS) is 12.7. The van der Waals surface area contributed by atoms with Gasteiger partial charge in [0.25, 0.3) is 5.91 Å². The first-order chi connectivity index (χ1) is 7.63. The fraction of sp³-hybridized carbons (Fsp3) is 0.200. The first kappa shape index (κ1) is 12.1. The Morgan fingerprint density at radius 1 is 1.62 bits per heavy atom. The number of amides is 1. The van der Waals surface area contributed by atoms with Gasteiger partial charge >= 0.3 is 0 Å². The van der Waals surface area contributed by atoms with Crippen molar-refractivity contribution in [2.24, 2.45) is 0 Å². The molecular formula is C10H9ClN4O. The summed E-state index contributed by atoms with van der Waals surface area (Å²) in [6.07, 6.45) is 5.51. The summed E-state index contributed by atoms with van der Waals surface area (Å²) in [5.74, 6) is -0.415. The van der Waals surface area contributed by atoms with E-state index in [9.17, 15) is 4.79 Å². The highest BCUT2D eigenvalue weighted by atomic mass is 35.5. The number of rotatable bonds is 3. The van der Waals surface area contributed by atoms with Gasteiger partial charge in [0.15, 0.2) is 0 Å². The molecule has 6 heteroatoms. The maximum Gasteiger partial charge on any atom is 0.255 e. The SMILES string of the molecule is CC(Cl)=CC(C#N)NC(=O)c1cncnc1. The maximum atomic E-state index is 11.6. The number of carbonyl (C=O) groups is 1. The van der Waals surface area contributed by atoms with Crippen LogP contribution in [0.2, 0.25) is 0 Å². The van der Waals surface area contributed by atoms with E-state index < -0.39 is 11.9 Å². The van der Waals surface area contributed by atoms with Gasteiger partial charge in [-0.05, 0) is 13.0 Å². The van der Waals surface area contributed by atoms with Gasteiger partial charge in [-0.2, -0.15) is 5.26 Å². The molecule has 0 bridgehead atoms. The van der Waals surface area contributed by atoms with Gasteiger partial charge in [0.1, 0.15) is 12.4 Å². The molecule has 82 valence electrons. The van der Waals surface area contributed by atoms with Crippen LogP contribution in [0.3, 0.4) is 0 Å². The lowest BCUT2D eigenvalue weighted by molar-refractivity contribution is 0.0950. The molecule has 16 heavy (non-hydrogen) atoms. The molecule has 0 fully saturated rings. The van der Waals surface area contributed by atoms with E-state index in [0.717, 1.165) is 0 Å². The maximum absolute atomic E-state index is 11.6. The molecule has 0 aliphatic rings. The van der Waals surface area contributed by atoms with E-state index in [4.69, 9.17) is 16.9 Å². The Morgan fingerprint density at radius 2 is 2.25 bits per heavy atom. The van der Waals surface area contributed by atoms with Crippen LogP contribution in [0.25, 0.3) is 0 Å². The van der Waals surface area contributed by atoms with Crippen molar-refractivity contribution in [1.82, 2.24) is 15.3 Å². The van der Waals surface area contributed by atoms with E-state index in [1.54, 1.807) is 6.92 Å². The molecule has 0 aliphatic carbocycles. The lowest BCUT2D eigenvalue weighted by Crippen LogP contribution is -2.32. The van der Waals surface area contributed by atoms with Crippen molar-refractivity contribution in [3.8, 4) is 6.07 Å². The number of hydrogen-bond acceptors (Lipinski definition) is 4. The third kappa shape index (κ3) is 3.67. The topological polar surface area (TPSA) is 78.7 Å². The number of allylic oxidation sites excluding steroid dienone is 1. The summed E-state index contributed by atoms with van der Waals surface area (Å²) in [7, 11) is 0. The quantitative estimate of drug-likeness (QED) is 0.857. The molecule has 1 unspecified atom stereocenters. The summed E-state index contributed by atoms with van der Waals surface area (Å²) in [5.41, 5.74) is 0.295. The van der Waals surface area contributed by atoms with Gasteiger partial charge in [0.05, 0.1) is 11.6 Å². The zero-order valence-corrected chi connectivity index (χ0v) is 9.27. The second-order valence-corrected chi connectivity index (χ2v) is 3.56. The predicted octanol–water partition coefficient (Wildman–Crippen LogP) is 1.24. The van der Waals surface area contributed by atoms with Crippen LogP contribution in [-0.2, 0) is 0 Å². The Labute approximate surface area is 97.8 Å². The van der Waals surface area contributed by atoms with Crippen LogP contribution in [-0.4, -0.2) is 21.9 Å². The third-order valence-electron chi connectivity index (χ3n) is 1.64. The minimum absolute atomic E-state index is 0.295. The molecule has 0 aromatic carbocycles. The van der Waals surface area contributed by atoms with Gasteiger partial charge in [-0.15, -0.1) is 0 Å². The summed E-state index contributed by atoms with van der Waals surface area (Å²) in [4.78, 5) is 19.0. The van der Waals surface area contributed by atoms with Crippen molar-refractivity contribution in [2.75, 3.05) is 0 Å². The summed E-state index contributed by atoms with van der Waals surface area (Å²) in [5, 5.41) is 11.7. The lowest BCUT2D eigenvalue weighted by atomic mass is 10.2. The van der Waals surface area contributed by atoms with Gasteiger partial charge in [-0.3, -0.25) is 4.79 Å². The summed E-state index contributed by atoms with van der Waals surface area (Å²) in [6.45, 7) is 1.63. The highest BCUT2D eigenvalue weighted by Gasteiger charge is 2.11. The lowest BCUT2D eigenvalue weighted by Gasteiger charge is -2.06. The largest absolute Gasteiger partial charge is 0.333 e. The summed E-state index contributed by atoms with van der Waals surface area (Å²) in [6, 6.07) is 1.14. The number of nitriles is 1. The van der Waals surface area contributed by atoms with E-state index in [2.05, 4.69) is 15.3 Å². The average Bonchev–Trinajstić information content (AvgIpc) is 2.28. The van der Waals surface area contributed by atoms with Gasteiger partial charge in [-0.1, -0.05) is 11.6 Å². The minimum atomic E-state index is -0.759. The monoisotopic (exact) mass is 236 g/mol. The molecule has 0 saturated heterocycles. The van der Waals surface area contributed by atoms with Crippen molar-refractivity contribution in [3.05, 3.63) is 35.4 Å². The predicted molar refractivity (Wildman–Crippen MR) is 58.5 cm³/mol. The molecule has 1 aromatic rings. The molecule has 1 atom stereocenters. The van der Waals surface area contributed by atoms with Crippen LogP contribution >= 0.6 is 11.6 Å². The summed E-state index contributed by atoms with van der Waals surface area (Å²) >= 11 is 5.61. The average molecular weight is 237 g/mol. The van der Waals surface area contributed by atoms with Crippen LogP contribution < -0.4 is 5.32 Å². The van der Waals surface area contributed by atoms with Crippen molar-refractivity contribution < 1.29 is 4.79 Å². The molecule has 0 aliphatic heterocycles.